The van der Waals surface area contributed by atoms with E-state index in [1.54, 1.807) is 0 Å². The van der Waals surface area contributed by atoms with E-state index >= 15 is 0 Å². The van der Waals surface area contributed by atoms with Gasteiger partial charge < -0.3 is 15.4 Å². The maximum Gasteiger partial charge on any atom is 0.239 e. The maximum absolute atomic E-state index is 12.1. The van der Waals surface area contributed by atoms with Crippen molar-refractivity contribution in [1.82, 2.24) is 4.90 Å². The van der Waals surface area contributed by atoms with Crippen LogP contribution in [0.1, 0.15) is 32.1 Å². The molecule has 0 unspecified atom stereocenters. The van der Waals surface area contributed by atoms with Crippen LogP contribution in [0.4, 0.5) is 0 Å². The van der Waals surface area contributed by atoms with Crippen LogP contribution in [0.25, 0.3) is 0 Å². The third-order valence-electron chi connectivity index (χ3n) is 3.77. The SMILES string of the molecule is N[C@H](C(=O)N1CCOCC1)C1CCCCC1. The maximum atomic E-state index is 12.1. The van der Waals surface area contributed by atoms with E-state index in [0.29, 0.717) is 32.2 Å². The van der Waals surface area contributed by atoms with Crippen LogP contribution in [-0.4, -0.2) is 43.2 Å². The first kappa shape index (κ1) is 11.9. The zero-order valence-electron chi connectivity index (χ0n) is 9.86. The molecule has 1 saturated carbocycles. The minimum absolute atomic E-state index is 0.134. The van der Waals surface area contributed by atoms with Gasteiger partial charge in [-0.2, -0.15) is 0 Å². The van der Waals surface area contributed by atoms with Crippen molar-refractivity contribution in [3.63, 3.8) is 0 Å². The van der Waals surface area contributed by atoms with Crippen LogP contribution < -0.4 is 5.73 Å². The smallest absolute Gasteiger partial charge is 0.239 e. The Balaban J connectivity index is 1.86. The van der Waals surface area contributed by atoms with Gasteiger partial charge in [0.1, 0.15) is 0 Å². The average Bonchev–Trinajstić information content (AvgIpc) is 2.39. The average molecular weight is 226 g/mol. The Morgan fingerprint density at radius 1 is 1.19 bits per heavy atom. The summed E-state index contributed by atoms with van der Waals surface area (Å²) in [5.41, 5.74) is 6.09. The minimum Gasteiger partial charge on any atom is -0.378 e. The van der Waals surface area contributed by atoms with E-state index in [2.05, 4.69) is 0 Å². The normalized spacial score (nSPS) is 25.4. The number of ether oxygens (including phenoxy) is 1. The van der Waals surface area contributed by atoms with Crippen molar-refractivity contribution in [3.8, 4) is 0 Å². The molecule has 2 fully saturated rings. The lowest BCUT2D eigenvalue weighted by atomic mass is 9.84. The second kappa shape index (κ2) is 5.64. The highest BCUT2D eigenvalue weighted by Crippen LogP contribution is 2.26. The lowest BCUT2D eigenvalue weighted by Gasteiger charge is -2.33. The summed E-state index contributed by atoms with van der Waals surface area (Å²) in [5, 5.41) is 0. The molecule has 1 atom stereocenters. The van der Waals surface area contributed by atoms with Crippen molar-refractivity contribution in [2.45, 2.75) is 38.1 Å². The quantitative estimate of drug-likeness (QED) is 0.756. The van der Waals surface area contributed by atoms with Crippen LogP contribution >= 0.6 is 0 Å². The minimum atomic E-state index is -0.279. The highest BCUT2D eigenvalue weighted by molar-refractivity contribution is 5.82. The van der Waals surface area contributed by atoms with Crippen LogP contribution in [0.5, 0.6) is 0 Å². The van der Waals surface area contributed by atoms with Crippen LogP contribution in [0.15, 0.2) is 0 Å². The van der Waals surface area contributed by atoms with Gasteiger partial charge in [-0.15, -0.1) is 0 Å². The molecule has 1 aliphatic carbocycles. The highest BCUT2D eigenvalue weighted by Gasteiger charge is 2.30. The van der Waals surface area contributed by atoms with Crippen molar-refractivity contribution < 1.29 is 9.53 Å². The summed E-state index contributed by atoms with van der Waals surface area (Å²) >= 11 is 0. The number of carbonyl (C=O) groups excluding carboxylic acids is 1. The molecular weight excluding hydrogens is 204 g/mol. The summed E-state index contributed by atoms with van der Waals surface area (Å²) in [7, 11) is 0. The second-order valence-corrected chi connectivity index (χ2v) is 4.86. The number of nitrogens with zero attached hydrogens (tertiary/aromatic N) is 1. The Morgan fingerprint density at radius 2 is 1.81 bits per heavy atom. The van der Waals surface area contributed by atoms with Crippen LogP contribution in [-0.2, 0) is 9.53 Å². The monoisotopic (exact) mass is 226 g/mol. The van der Waals surface area contributed by atoms with Gasteiger partial charge in [0.15, 0.2) is 0 Å². The highest BCUT2D eigenvalue weighted by atomic mass is 16.5. The summed E-state index contributed by atoms with van der Waals surface area (Å²) in [6.07, 6.45) is 6.01. The number of amides is 1. The summed E-state index contributed by atoms with van der Waals surface area (Å²) in [6, 6.07) is -0.279. The van der Waals surface area contributed by atoms with Crippen LogP contribution in [0, 0.1) is 5.92 Å². The molecular formula is C12H22N2O2. The predicted molar refractivity (Wildman–Crippen MR) is 61.9 cm³/mol. The van der Waals surface area contributed by atoms with E-state index in [-0.39, 0.29) is 11.9 Å². The largest absolute Gasteiger partial charge is 0.378 e. The Labute approximate surface area is 97.1 Å². The molecule has 0 spiro atoms. The molecule has 0 bridgehead atoms. The zero-order chi connectivity index (χ0) is 11.4. The molecule has 92 valence electrons. The summed E-state index contributed by atoms with van der Waals surface area (Å²) < 4.78 is 5.24. The molecule has 0 aromatic rings. The first-order valence-electron chi connectivity index (χ1n) is 6.41. The number of rotatable bonds is 2. The van der Waals surface area contributed by atoms with E-state index in [9.17, 15) is 4.79 Å². The molecule has 1 heterocycles. The molecule has 2 aliphatic rings. The van der Waals surface area contributed by atoms with Gasteiger partial charge in [0.25, 0.3) is 0 Å². The molecule has 1 aliphatic heterocycles. The molecule has 4 heteroatoms. The van der Waals surface area contributed by atoms with Gasteiger partial charge in [0.2, 0.25) is 5.91 Å². The first-order chi connectivity index (χ1) is 7.79. The fourth-order valence-corrected chi connectivity index (χ4v) is 2.69. The van der Waals surface area contributed by atoms with Gasteiger partial charge in [0.05, 0.1) is 19.3 Å². The number of nitrogens with two attached hydrogens (primary N) is 1. The van der Waals surface area contributed by atoms with Crippen molar-refractivity contribution in [2.75, 3.05) is 26.3 Å². The van der Waals surface area contributed by atoms with E-state index in [4.69, 9.17) is 10.5 Å². The van der Waals surface area contributed by atoms with Crippen molar-refractivity contribution in [2.24, 2.45) is 11.7 Å². The number of carbonyl (C=O) groups is 1. The Bertz CT molecular complexity index is 233. The molecule has 16 heavy (non-hydrogen) atoms. The Hall–Kier alpha value is -0.610. The van der Waals surface area contributed by atoms with Gasteiger partial charge in [0, 0.05) is 13.1 Å². The number of hydrogen-bond donors (Lipinski definition) is 1. The third kappa shape index (κ3) is 2.74. The van der Waals surface area contributed by atoms with Crippen LogP contribution in [0.2, 0.25) is 0 Å². The molecule has 0 aromatic heterocycles. The summed E-state index contributed by atoms with van der Waals surface area (Å²) in [5.74, 6) is 0.541. The van der Waals surface area contributed by atoms with Gasteiger partial charge in [-0.3, -0.25) is 4.79 Å². The van der Waals surface area contributed by atoms with Gasteiger partial charge >= 0.3 is 0 Å². The van der Waals surface area contributed by atoms with Crippen molar-refractivity contribution in [1.29, 1.82) is 0 Å². The summed E-state index contributed by atoms with van der Waals surface area (Å²) in [6.45, 7) is 2.73. The topological polar surface area (TPSA) is 55.6 Å². The zero-order valence-corrected chi connectivity index (χ0v) is 9.86. The van der Waals surface area contributed by atoms with Gasteiger partial charge in [-0.25, -0.2) is 0 Å². The van der Waals surface area contributed by atoms with Crippen molar-refractivity contribution in [3.05, 3.63) is 0 Å². The fourth-order valence-electron chi connectivity index (χ4n) is 2.69. The first-order valence-corrected chi connectivity index (χ1v) is 6.41. The molecule has 4 nitrogen and oxygen atoms in total. The fraction of sp³-hybridized carbons (Fsp3) is 0.917. The van der Waals surface area contributed by atoms with Crippen LogP contribution in [0.3, 0.4) is 0 Å². The third-order valence-corrected chi connectivity index (χ3v) is 3.77. The molecule has 2 N–H and O–H groups in total. The Morgan fingerprint density at radius 3 is 2.44 bits per heavy atom. The van der Waals surface area contributed by atoms with E-state index in [0.717, 1.165) is 12.8 Å². The number of hydrogen-bond acceptors (Lipinski definition) is 3. The predicted octanol–water partition coefficient (Wildman–Crippen LogP) is 0.753. The Kier molecular flexibility index (Phi) is 4.18. The molecule has 1 saturated heterocycles. The van der Waals surface area contributed by atoms with E-state index < -0.39 is 0 Å². The molecule has 1 amide bonds. The standard InChI is InChI=1S/C12H22N2O2/c13-11(10-4-2-1-3-5-10)12(15)14-6-8-16-9-7-14/h10-11H,1-9,13H2/t11-/m0/s1. The van der Waals surface area contributed by atoms with E-state index in [1.807, 2.05) is 4.90 Å². The van der Waals surface area contributed by atoms with Gasteiger partial charge in [-0.1, -0.05) is 19.3 Å². The summed E-state index contributed by atoms with van der Waals surface area (Å²) in [4.78, 5) is 14.0. The van der Waals surface area contributed by atoms with Gasteiger partial charge in [-0.05, 0) is 18.8 Å². The van der Waals surface area contributed by atoms with E-state index in [1.165, 1.54) is 19.3 Å². The number of morpholine rings is 1. The lowest BCUT2D eigenvalue weighted by molar-refractivity contribution is -0.138. The lowest BCUT2D eigenvalue weighted by Crippen LogP contribution is -2.51. The molecule has 2 rings (SSSR count). The van der Waals surface area contributed by atoms with Crippen molar-refractivity contribution >= 4 is 5.91 Å². The molecule has 0 radical (unpaired) electrons. The second-order valence-electron chi connectivity index (χ2n) is 4.86. The molecule has 0 aromatic carbocycles.